The van der Waals surface area contributed by atoms with Crippen molar-refractivity contribution < 1.29 is 22.9 Å². The van der Waals surface area contributed by atoms with Crippen LogP contribution in [0.1, 0.15) is 118 Å². The van der Waals surface area contributed by atoms with Gasteiger partial charge in [0, 0.05) is 66.5 Å². The van der Waals surface area contributed by atoms with E-state index in [0.717, 1.165) is 81.5 Å². The largest absolute Gasteiger partial charge is 0.455 e. The second-order valence-electron chi connectivity index (χ2n) is 18.3. The molecule has 14 nitrogen and oxygen atoms in total. The molecule has 1 atom stereocenters. The van der Waals surface area contributed by atoms with Crippen LogP contribution in [0.2, 0.25) is 0 Å². The van der Waals surface area contributed by atoms with Crippen LogP contribution in [-0.2, 0) is 10.0 Å². The number of nitrogens with one attached hydrogen (secondary N) is 3. The summed E-state index contributed by atoms with van der Waals surface area (Å²) in [6.07, 6.45) is 16.9. The highest BCUT2D eigenvalue weighted by molar-refractivity contribution is 7.90. The quantitative estimate of drug-likeness (QED) is 0.0760. The second-order valence-corrected chi connectivity index (χ2v) is 19.9. The molecule has 2 saturated carbocycles. The van der Waals surface area contributed by atoms with Crippen LogP contribution in [0.4, 0.5) is 17.2 Å². The number of nitro groups is 1. The van der Waals surface area contributed by atoms with Gasteiger partial charge < -0.3 is 19.9 Å². The zero-order valence-electron chi connectivity index (χ0n) is 35.5. The summed E-state index contributed by atoms with van der Waals surface area (Å²) >= 11 is 0. The molecule has 1 spiro atoms. The lowest BCUT2D eigenvalue weighted by atomic mass is 9.67. The number of aromatic amines is 1. The summed E-state index contributed by atoms with van der Waals surface area (Å²) < 4.78 is 35.8. The highest BCUT2D eigenvalue weighted by Crippen LogP contribution is 2.49. The Labute approximate surface area is 363 Å². The first kappa shape index (κ1) is 41.8. The molecule has 2 aliphatic carbocycles. The first-order chi connectivity index (χ1) is 29.9. The zero-order chi connectivity index (χ0) is 43.0. The number of carbonyl (C=O) groups is 1. The van der Waals surface area contributed by atoms with Gasteiger partial charge in [-0.2, -0.15) is 0 Å². The van der Waals surface area contributed by atoms with Crippen LogP contribution in [0.25, 0.3) is 11.0 Å². The Morgan fingerprint density at radius 2 is 1.76 bits per heavy atom. The van der Waals surface area contributed by atoms with E-state index in [1.54, 1.807) is 30.6 Å². The van der Waals surface area contributed by atoms with Gasteiger partial charge >= 0.3 is 5.69 Å². The van der Waals surface area contributed by atoms with Gasteiger partial charge in [-0.15, -0.1) is 0 Å². The van der Waals surface area contributed by atoms with E-state index in [9.17, 15) is 23.3 Å². The molecular formula is C47H56N8O6S. The van der Waals surface area contributed by atoms with E-state index in [2.05, 4.69) is 72.9 Å². The number of pyridine rings is 2. The number of hydrogen-bond donors (Lipinski definition) is 3. The summed E-state index contributed by atoms with van der Waals surface area (Å²) in [4.78, 5) is 41.5. The third-order valence-corrected chi connectivity index (χ3v) is 15.1. The van der Waals surface area contributed by atoms with E-state index < -0.39 is 31.4 Å². The van der Waals surface area contributed by atoms with Crippen molar-refractivity contribution in [2.24, 2.45) is 11.3 Å². The molecule has 62 heavy (non-hydrogen) atoms. The van der Waals surface area contributed by atoms with E-state index in [1.807, 2.05) is 12.1 Å². The first-order valence-electron chi connectivity index (χ1n) is 22.3. The molecule has 0 unspecified atom stereocenters. The molecule has 2 aliphatic heterocycles. The minimum Gasteiger partial charge on any atom is -0.455 e. The van der Waals surface area contributed by atoms with Crippen molar-refractivity contribution >= 4 is 44.2 Å². The van der Waals surface area contributed by atoms with Gasteiger partial charge in [-0.1, -0.05) is 57.4 Å². The molecule has 4 fully saturated rings. The van der Waals surface area contributed by atoms with Crippen LogP contribution in [0.15, 0.2) is 84.1 Å². The molecule has 15 heteroatoms. The molecule has 2 aromatic carbocycles. The lowest BCUT2D eigenvalue weighted by Gasteiger charge is -2.55. The normalized spacial score (nSPS) is 19.8. The molecular weight excluding hydrogens is 805 g/mol. The Bertz CT molecular complexity index is 2560. The molecule has 1 amide bonds. The van der Waals surface area contributed by atoms with E-state index in [0.29, 0.717) is 41.9 Å². The SMILES string of the molecule is CC(C)c1ccccc1[C@@H]1CCCN1C1CCC2(CC1)CN(c1ccc(C(=O)NS(=O)(=O)c3cnc(NCC4CCCCC4)c([N+](=O)[O-])c3)c(Oc3cnc4[nH]ccc4c3)c1)C2. The zero-order valence-corrected chi connectivity index (χ0v) is 36.3. The van der Waals surface area contributed by atoms with Crippen molar-refractivity contribution in [3.05, 3.63) is 106 Å². The van der Waals surface area contributed by atoms with Crippen LogP contribution >= 0.6 is 0 Å². The van der Waals surface area contributed by atoms with Crippen LogP contribution in [0.3, 0.4) is 0 Å². The predicted octanol–water partition coefficient (Wildman–Crippen LogP) is 9.48. The number of fused-ring (bicyclic) bond motifs is 1. The molecule has 0 radical (unpaired) electrons. The number of amides is 1. The van der Waals surface area contributed by atoms with Gasteiger partial charge in [0.25, 0.3) is 15.9 Å². The number of sulfonamides is 1. The monoisotopic (exact) mass is 860 g/mol. The summed E-state index contributed by atoms with van der Waals surface area (Å²) in [6, 6.07) is 19.8. The number of nitrogens with zero attached hydrogens (tertiary/aromatic N) is 5. The lowest BCUT2D eigenvalue weighted by molar-refractivity contribution is -0.384. The smallest absolute Gasteiger partial charge is 0.312 e. The third kappa shape index (κ3) is 8.61. The van der Waals surface area contributed by atoms with Crippen LogP contribution < -0.4 is 19.7 Å². The van der Waals surface area contributed by atoms with E-state index in [-0.39, 0.29) is 22.5 Å². The number of benzene rings is 2. The van der Waals surface area contributed by atoms with Crippen molar-refractivity contribution in [3.8, 4) is 11.5 Å². The molecule has 9 rings (SSSR count). The average Bonchev–Trinajstić information content (AvgIpc) is 3.95. The fourth-order valence-electron chi connectivity index (χ4n) is 10.5. The van der Waals surface area contributed by atoms with Crippen molar-refractivity contribution in [1.82, 2.24) is 24.6 Å². The molecule has 326 valence electrons. The van der Waals surface area contributed by atoms with Crippen molar-refractivity contribution in [2.75, 3.05) is 36.4 Å². The highest BCUT2D eigenvalue weighted by atomic mass is 32.2. The standard InChI is InChI=1S/C47H56N8O6S/c1-31(2)38-11-6-7-12-39(38)41-13-8-22-54(41)34-16-19-47(20-17-34)29-53(30-47)35-14-15-40(43(24-35)61-36-23-33-18-21-48-44(33)50-27-36)46(56)52-62(59,60)37-25-42(55(57)58)45(51-28-37)49-26-32-9-4-3-5-10-32/h6-7,11-12,14-15,18,21,23-25,27-28,31-32,34,41H,3-5,8-10,13,16-17,19-20,22,26,29-30H2,1-2H3,(H,48,50)(H,49,51)(H,52,56)/t41-/m0/s1. The molecule has 3 N–H and O–H groups in total. The van der Waals surface area contributed by atoms with Crippen molar-refractivity contribution in [2.45, 2.75) is 107 Å². The Balaban J connectivity index is 0.902. The molecule has 2 saturated heterocycles. The van der Waals surface area contributed by atoms with Gasteiger partial charge in [-0.05, 0) is 105 Å². The number of carbonyl (C=O) groups excluding carboxylic acids is 1. The number of rotatable bonds is 13. The minimum atomic E-state index is -4.58. The van der Waals surface area contributed by atoms with Crippen LogP contribution in [0, 0.1) is 21.4 Å². The number of ether oxygens (including phenoxy) is 1. The summed E-state index contributed by atoms with van der Waals surface area (Å²) in [5, 5.41) is 15.9. The fraction of sp³-hybridized carbons (Fsp3) is 0.468. The van der Waals surface area contributed by atoms with Gasteiger partial charge in [0.1, 0.15) is 22.0 Å². The van der Waals surface area contributed by atoms with Crippen LogP contribution in [-0.4, -0.2) is 71.3 Å². The minimum absolute atomic E-state index is 0.00515. The predicted molar refractivity (Wildman–Crippen MR) is 239 cm³/mol. The van der Waals surface area contributed by atoms with Gasteiger partial charge in [0.15, 0.2) is 0 Å². The molecule has 5 heterocycles. The number of likely N-dealkylation sites (tertiary alicyclic amines) is 1. The fourth-order valence-corrected chi connectivity index (χ4v) is 11.4. The molecule has 4 aliphatic rings. The average molecular weight is 861 g/mol. The van der Waals surface area contributed by atoms with Crippen LogP contribution in [0.5, 0.6) is 11.5 Å². The molecule has 0 bridgehead atoms. The second kappa shape index (κ2) is 17.3. The van der Waals surface area contributed by atoms with Crippen molar-refractivity contribution in [1.29, 1.82) is 0 Å². The topological polar surface area (TPSA) is 176 Å². The summed E-state index contributed by atoms with van der Waals surface area (Å²) in [5.41, 5.74) is 4.22. The van der Waals surface area contributed by atoms with Gasteiger partial charge in [-0.3, -0.25) is 19.8 Å². The number of aromatic nitrogens is 3. The summed E-state index contributed by atoms with van der Waals surface area (Å²) in [5.74, 6) is 0.441. The Morgan fingerprint density at radius 3 is 2.53 bits per heavy atom. The Hall–Kier alpha value is -5.54. The third-order valence-electron chi connectivity index (χ3n) is 13.8. The summed E-state index contributed by atoms with van der Waals surface area (Å²) in [6.45, 7) is 8.00. The number of anilines is 2. The van der Waals surface area contributed by atoms with Crippen molar-refractivity contribution in [3.63, 3.8) is 0 Å². The van der Waals surface area contributed by atoms with E-state index >= 15 is 0 Å². The lowest BCUT2D eigenvalue weighted by Crippen LogP contribution is -2.59. The summed E-state index contributed by atoms with van der Waals surface area (Å²) in [7, 11) is -4.58. The van der Waals surface area contributed by atoms with Gasteiger partial charge in [0.05, 0.1) is 22.9 Å². The maximum Gasteiger partial charge on any atom is 0.312 e. The maximum absolute atomic E-state index is 13.9. The number of hydrogen-bond acceptors (Lipinski definition) is 11. The van der Waals surface area contributed by atoms with Gasteiger partial charge in [-0.25, -0.2) is 23.1 Å². The number of H-pyrrole nitrogens is 1. The molecule has 5 aromatic rings. The van der Waals surface area contributed by atoms with E-state index in [4.69, 9.17) is 4.74 Å². The first-order valence-corrected chi connectivity index (χ1v) is 23.7. The highest BCUT2D eigenvalue weighted by Gasteiger charge is 2.47. The Kier molecular flexibility index (Phi) is 11.7. The van der Waals surface area contributed by atoms with E-state index in [1.165, 1.54) is 43.2 Å². The maximum atomic E-state index is 13.9. The Morgan fingerprint density at radius 1 is 0.968 bits per heavy atom. The molecule has 3 aromatic heterocycles. The van der Waals surface area contributed by atoms with Gasteiger partial charge in [0.2, 0.25) is 5.82 Å².